The average Bonchev–Trinajstić information content (AvgIpc) is 3.41. The van der Waals surface area contributed by atoms with Crippen LogP contribution in [0.15, 0.2) is 36.4 Å². The van der Waals surface area contributed by atoms with Crippen LogP contribution in [0.1, 0.15) is 62.5 Å². The van der Waals surface area contributed by atoms with Crippen molar-refractivity contribution in [2.24, 2.45) is 22.5 Å². The van der Waals surface area contributed by atoms with Crippen LogP contribution >= 0.6 is 0 Å². The fourth-order valence-electron chi connectivity index (χ4n) is 6.49. The molecule has 2 saturated carbocycles. The Balaban J connectivity index is 0.000000214. The van der Waals surface area contributed by atoms with Crippen LogP contribution in [0.25, 0.3) is 11.3 Å². The Bertz CT molecular complexity index is 956. The molecule has 1 aromatic carbocycles. The van der Waals surface area contributed by atoms with Gasteiger partial charge in [-0.2, -0.15) is 0 Å². The Kier molecular flexibility index (Phi) is 7.01. The highest BCUT2D eigenvalue weighted by atomic mass is 16.5. The van der Waals surface area contributed by atoms with Crippen LogP contribution < -0.4 is 5.73 Å². The summed E-state index contributed by atoms with van der Waals surface area (Å²) in [5, 5.41) is 0. The van der Waals surface area contributed by atoms with E-state index in [9.17, 15) is 4.79 Å². The van der Waals surface area contributed by atoms with E-state index in [0.717, 1.165) is 67.7 Å². The van der Waals surface area contributed by atoms with Gasteiger partial charge in [0.05, 0.1) is 18.8 Å². The number of rotatable bonds is 5. The third-order valence-corrected chi connectivity index (χ3v) is 8.27. The number of primary amides is 1. The summed E-state index contributed by atoms with van der Waals surface area (Å²) < 4.78 is 7.59. The molecule has 2 heterocycles. The van der Waals surface area contributed by atoms with Gasteiger partial charge < -0.3 is 15.0 Å². The second kappa shape index (κ2) is 9.63. The van der Waals surface area contributed by atoms with Crippen molar-refractivity contribution < 1.29 is 9.53 Å². The number of morpholine rings is 1. The lowest BCUT2D eigenvalue weighted by Gasteiger charge is -2.32. The molecule has 2 aliphatic carbocycles. The van der Waals surface area contributed by atoms with E-state index in [4.69, 9.17) is 10.5 Å². The van der Waals surface area contributed by atoms with E-state index in [1.165, 1.54) is 25.7 Å². The van der Waals surface area contributed by atoms with Crippen molar-refractivity contribution in [2.45, 2.75) is 59.9 Å². The van der Waals surface area contributed by atoms with Crippen LogP contribution in [0.3, 0.4) is 0 Å². The van der Waals surface area contributed by atoms with Crippen molar-refractivity contribution in [1.29, 1.82) is 0 Å². The van der Waals surface area contributed by atoms with Gasteiger partial charge in [-0.3, -0.25) is 9.69 Å². The summed E-state index contributed by atoms with van der Waals surface area (Å²) in [7, 11) is 0. The predicted molar refractivity (Wildman–Crippen MR) is 134 cm³/mol. The molecule has 1 aliphatic heterocycles. The fraction of sp³-hybridized carbons (Fsp3) is 0.607. The lowest BCUT2D eigenvalue weighted by atomic mass is 9.73. The summed E-state index contributed by atoms with van der Waals surface area (Å²) in [5.74, 6) is 0.683. The molecule has 0 spiro atoms. The Morgan fingerprint density at radius 3 is 2.33 bits per heavy atom. The number of nitrogens with two attached hydrogens (primary N) is 1. The van der Waals surface area contributed by atoms with Crippen molar-refractivity contribution in [3.05, 3.63) is 47.7 Å². The van der Waals surface area contributed by atoms with Gasteiger partial charge in [-0.1, -0.05) is 51.1 Å². The molecule has 2 N–H and O–H groups in total. The van der Waals surface area contributed by atoms with Gasteiger partial charge in [-0.15, -0.1) is 0 Å². The number of aromatic nitrogens is 1. The molecule has 5 rings (SSSR count). The van der Waals surface area contributed by atoms with Gasteiger partial charge >= 0.3 is 0 Å². The number of nitrogens with zero attached hydrogens (tertiary/aromatic N) is 2. The SMILES string of the molecule is CC12CC[C@H](C1)C(C)(C)C2.Cc1c(C(N)=O)cc(-c2ccccc2)n1CCN1CCOCC1. The second-order valence-electron chi connectivity index (χ2n) is 11.3. The summed E-state index contributed by atoms with van der Waals surface area (Å²) in [6.45, 7) is 14.6. The molecule has 3 fully saturated rings. The molecule has 0 radical (unpaired) electrons. The van der Waals surface area contributed by atoms with Gasteiger partial charge in [0, 0.05) is 37.6 Å². The second-order valence-corrected chi connectivity index (χ2v) is 11.3. The minimum Gasteiger partial charge on any atom is -0.379 e. The molecule has 3 aliphatic rings. The first kappa shape index (κ1) is 24.0. The van der Waals surface area contributed by atoms with Crippen molar-refractivity contribution in [3.8, 4) is 11.3 Å². The Hall–Kier alpha value is -2.11. The summed E-state index contributed by atoms with van der Waals surface area (Å²) in [5.41, 5.74) is 10.6. The average molecular weight is 452 g/mol. The first-order chi connectivity index (χ1) is 15.7. The van der Waals surface area contributed by atoms with E-state index < -0.39 is 0 Å². The number of benzene rings is 1. The maximum atomic E-state index is 11.7. The third kappa shape index (κ3) is 5.36. The molecule has 1 amide bonds. The Morgan fingerprint density at radius 2 is 1.82 bits per heavy atom. The molecule has 2 atom stereocenters. The summed E-state index contributed by atoms with van der Waals surface area (Å²) in [6.07, 6.45) is 6.00. The van der Waals surface area contributed by atoms with E-state index in [0.29, 0.717) is 11.0 Å². The van der Waals surface area contributed by atoms with Crippen molar-refractivity contribution in [3.63, 3.8) is 0 Å². The molecule has 1 saturated heterocycles. The molecule has 5 heteroatoms. The summed E-state index contributed by atoms with van der Waals surface area (Å²) in [4.78, 5) is 14.1. The molecule has 33 heavy (non-hydrogen) atoms. The van der Waals surface area contributed by atoms with Gasteiger partial charge in [-0.25, -0.2) is 0 Å². The minimum absolute atomic E-state index is 0.371. The number of fused-ring (bicyclic) bond motifs is 2. The predicted octanol–water partition coefficient (Wildman–Crippen LogP) is 5.12. The van der Waals surface area contributed by atoms with Crippen LogP contribution in [-0.2, 0) is 11.3 Å². The van der Waals surface area contributed by atoms with Crippen molar-refractivity contribution >= 4 is 5.91 Å². The minimum atomic E-state index is -0.371. The maximum absolute atomic E-state index is 11.7. The van der Waals surface area contributed by atoms with Crippen molar-refractivity contribution in [1.82, 2.24) is 9.47 Å². The molecule has 2 aromatic rings. The van der Waals surface area contributed by atoms with Gasteiger partial charge in [0.2, 0.25) is 0 Å². The lowest BCUT2D eigenvalue weighted by Crippen LogP contribution is -2.38. The van der Waals surface area contributed by atoms with E-state index in [1.807, 2.05) is 31.2 Å². The van der Waals surface area contributed by atoms with Crippen LogP contribution in [0.2, 0.25) is 0 Å². The smallest absolute Gasteiger partial charge is 0.250 e. The molecule has 180 valence electrons. The number of ether oxygens (including phenoxy) is 1. The van der Waals surface area contributed by atoms with Crippen LogP contribution in [0.4, 0.5) is 0 Å². The highest BCUT2D eigenvalue weighted by Gasteiger charge is 2.51. The zero-order chi connectivity index (χ0) is 23.6. The fourth-order valence-corrected chi connectivity index (χ4v) is 6.49. The zero-order valence-electron chi connectivity index (χ0n) is 20.9. The van der Waals surface area contributed by atoms with Crippen LogP contribution in [0.5, 0.6) is 0 Å². The molecular formula is C28H41N3O2. The molecule has 1 unspecified atom stereocenters. The van der Waals surface area contributed by atoms with Gasteiger partial charge in [0.15, 0.2) is 0 Å². The van der Waals surface area contributed by atoms with E-state index in [1.54, 1.807) is 0 Å². The standard InChI is InChI=1S/C18H23N3O2.C10H18/c1-14-16(18(19)22)13-17(15-5-3-2-4-6-15)21(14)8-7-20-9-11-23-12-10-20;1-9(2)7-10(3)5-4-8(9)6-10/h2-6,13H,7-12H2,1H3,(H2,19,22);8H,4-7H2,1-3H3/t;8-,10?/m.1/s1. The summed E-state index contributed by atoms with van der Waals surface area (Å²) >= 11 is 0. The van der Waals surface area contributed by atoms with E-state index in [2.05, 4.69) is 42.4 Å². The van der Waals surface area contributed by atoms with Gasteiger partial charge in [0.1, 0.15) is 0 Å². The number of carbonyl (C=O) groups is 1. The zero-order valence-corrected chi connectivity index (χ0v) is 20.9. The first-order valence-corrected chi connectivity index (χ1v) is 12.5. The van der Waals surface area contributed by atoms with Crippen LogP contribution in [-0.4, -0.2) is 48.2 Å². The number of amides is 1. The highest BCUT2D eigenvalue weighted by Crippen LogP contribution is 2.62. The number of hydrogen-bond acceptors (Lipinski definition) is 3. The van der Waals surface area contributed by atoms with E-state index >= 15 is 0 Å². The Labute approximate surface area is 199 Å². The largest absolute Gasteiger partial charge is 0.379 e. The van der Waals surface area contributed by atoms with Crippen molar-refractivity contribution in [2.75, 3.05) is 32.8 Å². The van der Waals surface area contributed by atoms with Crippen LogP contribution in [0, 0.1) is 23.7 Å². The van der Waals surface area contributed by atoms with Gasteiger partial charge in [-0.05, 0) is 61.0 Å². The molecule has 5 nitrogen and oxygen atoms in total. The molecule has 1 aromatic heterocycles. The first-order valence-electron chi connectivity index (χ1n) is 12.5. The topological polar surface area (TPSA) is 60.5 Å². The summed E-state index contributed by atoms with van der Waals surface area (Å²) in [6, 6.07) is 12.0. The third-order valence-electron chi connectivity index (χ3n) is 8.27. The normalized spacial score (nSPS) is 26.1. The highest BCUT2D eigenvalue weighted by molar-refractivity contribution is 5.95. The Morgan fingerprint density at radius 1 is 1.12 bits per heavy atom. The molecule has 2 bridgehead atoms. The molecular weight excluding hydrogens is 410 g/mol. The van der Waals surface area contributed by atoms with Gasteiger partial charge in [0.25, 0.3) is 5.91 Å². The quantitative estimate of drug-likeness (QED) is 0.687. The number of hydrogen-bond donors (Lipinski definition) is 1. The lowest BCUT2D eigenvalue weighted by molar-refractivity contribution is 0.0364. The maximum Gasteiger partial charge on any atom is 0.250 e. The monoisotopic (exact) mass is 451 g/mol. The number of carbonyl (C=O) groups excluding carboxylic acids is 1. The van der Waals surface area contributed by atoms with E-state index in [-0.39, 0.29) is 5.91 Å².